The Hall–Kier alpha value is -2.08. The van der Waals surface area contributed by atoms with Crippen LogP contribution in [0.4, 0.5) is 0 Å². The molecule has 0 saturated carbocycles. The standard InChI is InChI=1S/C19H26N2O4/c22-17-9-5-2-6-11-20(17)13-18(23)21-12-10-19(24,14-21)15-25-16-7-3-1-4-8-16/h1,3-4,7-8,24H,2,5-6,9-15H2. The summed E-state index contributed by atoms with van der Waals surface area (Å²) in [7, 11) is 0. The first-order chi connectivity index (χ1) is 12.1. The zero-order valence-corrected chi connectivity index (χ0v) is 14.5. The van der Waals surface area contributed by atoms with Gasteiger partial charge in [0.05, 0.1) is 13.1 Å². The highest BCUT2D eigenvalue weighted by Crippen LogP contribution is 2.23. The van der Waals surface area contributed by atoms with Gasteiger partial charge in [-0.1, -0.05) is 24.6 Å². The van der Waals surface area contributed by atoms with Crippen LogP contribution in [0, 0.1) is 0 Å². The first kappa shape index (κ1) is 17.7. The number of hydrogen-bond donors (Lipinski definition) is 1. The van der Waals surface area contributed by atoms with Crippen molar-refractivity contribution in [3.05, 3.63) is 30.3 Å². The third-order valence-corrected chi connectivity index (χ3v) is 4.93. The average molecular weight is 346 g/mol. The molecule has 2 aliphatic heterocycles. The van der Waals surface area contributed by atoms with Gasteiger partial charge in [0.2, 0.25) is 11.8 Å². The van der Waals surface area contributed by atoms with Crippen LogP contribution in [0.25, 0.3) is 0 Å². The second-order valence-corrected chi connectivity index (χ2v) is 7.02. The molecule has 6 heteroatoms. The Kier molecular flexibility index (Phi) is 5.58. The van der Waals surface area contributed by atoms with Crippen LogP contribution in [0.15, 0.2) is 30.3 Å². The number of nitrogens with zero attached hydrogens (tertiary/aromatic N) is 2. The lowest BCUT2D eigenvalue weighted by Crippen LogP contribution is -2.45. The summed E-state index contributed by atoms with van der Waals surface area (Å²) < 4.78 is 5.65. The predicted octanol–water partition coefficient (Wildman–Crippen LogP) is 1.43. The van der Waals surface area contributed by atoms with Crippen molar-refractivity contribution in [2.75, 3.05) is 32.8 Å². The molecule has 0 radical (unpaired) electrons. The monoisotopic (exact) mass is 346 g/mol. The molecule has 136 valence electrons. The molecule has 0 aromatic heterocycles. The van der Waals surface area contributed by atoms with E-state index in [0.29, 0.717) is 31.7 Å². The number of likely N-dealkylation sites (tertiary alicyclic amines) is 2. The fourth-order valence-corrected chi connectivity index (χ4v) is 3.39. The van der Waals surface area contributed by atoms with Crippen LogP contribution < -0.4 is 4.74 Å². The van der Waals surface area contributed by atoms with Gasteiger partial charge < -0.3 is 19.6 Å². The zero-order valence-electron chi connectivity index (χ0n) is 14.5. The third kappa shape index (κ3) is 4.72. The molecule has 2 fully saturated rings. The topological polar surface area (TPSA) is 70.1 Å². The van der Waals surface area contributed by atoms with E-state index in [4.69, 9.17) is 4.74 Å². The Morgan fingerprint density at radius 2 is 1.96 bits per heavy atom. The fourth-order valence-electron chi connectivity index (χ4n) is 3.39. The van der Waals surface area contributed by atoms with E-state index < -0.39 is 5.60 Å². The molecule has 2 aliphatic rings. The molecule has 0 bridgehead atoms. The van der Waals surface area contributed by atoms with Crippen LogP contribution in [0.3, 0.4) is 0 Å². The first-order valence-corrected chi connectivity index (χ1v) is 9.02. The Bertz CT molecular complexity index is 607. The number of hydrogen-bond acceptors (Lipinski definition) is 4. The van der Waals surface area contributed by atoms with Crippen molar-refractivity contribution >= 4 is 11.8 Å². The number of benzene rings is 1. The van der Waals surface area contributed by atoms with Gasteiger partial charge in [-0.25, -0.2) is 0 Å². The van der Waals surface area contributed by atoms with Gasteiger partial charge in [-0.05, 0) is 31.4 Å². The number of rotatable bonds is 5. The Morgan fingerprint density at radius 1 is 1.16 bits per heavy atom. The highest BCUT2D eigenvalue weighted by atomic mass is 16.5. The van der Waals surface area contributed by atoms with Crippen molar-refractivity contribution < 1.29 is 19.4 Å². The average Bonchev–Trinajstić information content (AvgIpc) is 2.91. The van der Waals surface area contributed by atoms with E-state index in [9.17, 15) is 14.7 Å². The van der Waals surface area contributed by atoms with Crippen LogP contribution >= 0.6 is 0 Å². The number of carbonyl (C=O) groups excluding carboxylic acids is 2. The van der Waals surface area contributed by atoms with E-state index in [1.807, 2.05) is 30.3 Å². The Labute approximate surface area is 148 Å². The molecule has 0 spiro atoms. The Balaban J connectivity index is 1.50. The van der Waals surface area contributed by atoms with Gasteiger partial charge in [0.25, 0.3) is 0 Å². The third-order valence-electron chi connectivity index (χ3n) is 4.93. The quantitative estimate of drug-likeness (QED) is 0.876. The van der Waals surface area contributed by atoms with Gasteiger partial charge in [-0.15, -0.1) is 0 Å². The Morgan fingerprint density at radius 3 is 2.76 bits per heavy atom. The van der Waals surface area contributed by atoms with Gasteiger partial charge in [0, 0.05) is 19.5 Å². The lowest BCUT2D eigenvalue weighted by molar-refractivity contribution is -0.140. The summed E-state index contributed by atoms with van der Waals surface area (Å²) in [5, 5.41) is 10.7. The highest BCUT2D eigenvalue weighted by Gasteiger charge is 2.39. The van der Waals surface area contributed by atoms with Crippen molar-refractivity contribution in [1.82, 2.24) is 9.80 Å². The molecule has 1 aromatic rings. The molecule has 2 amide bonds. The van der Waals surface area contributed by atoms with Crippen LogP contribution in [-0.4, -0.2) is 65.1 Å². The van der Waals surface area contributed by atoms with E-state index in [1.165, 1.54) is 0 Å². The molecule has 6 nitrogen and oxygen atoms in total. The lowest BCUT2D eigenvalue weighted by atomic mass is 10.1. The molecule has 25 heavy (non-hydrogen) atoms. The van der Waals surface area contributed by atoms with Gasteiger partial charge in [0.1, 0.15) is 18.0 Å². The van der Waals surface area contributed by atoms with E-state index in [2.05, 4.69) is 0 Å². The van der Waals surface area contributed by atoms with Crippen molar-refractivity contribution in [2.24, 2.45) is 0 Å². The normalized spacial score (nSPS) is 24.3. The number of aliphatic hydroxyl groups is 1. The van der Waals surface area contributed by atoms with Gasteiger partial charge in [-0.2, -0.15) is 0 Å². The summed E-state index contributed by atoms with van der Waals surface area (Å²) in [5.41, 5.74) is -1.03. The maximum absolute atomic E-state index is 12.5. The van der Waals surface area contributed by atoms with E-state index in [-0.39, 0.29) is 31.5 Å². The summed E-state index contributed by atoms with van der Waals surface area (Å²) >= 11 is 0. The molecule has 1 aromatic carbocycles. The number of amides is 2. The zero-order chi connectivity index (χ0) is 17.7. The van der Waals surface area contributed by atoms with Crippen LogP contribution in [0.5, 0.6) is 5.75 Å². The summed E-state index contributed by atoms with van der Waals surface area (Å²) in [6.07, 6.45) is 3.91. The molecule has 1 atom stereocenters. The molecule has 3 rings (SSSR count). The summed E-state index contributed by atoms with van der Waals surface area (Å²) in [4.78, 5) is 27.9. The van der Waals surface area contributed by atoms with Crippen LogP contribution in [0.2, 0.25) is 0 Å². The van der Waals surface area contributed by atoms with Gasteiger partial charge >= 0.3 is 0 Å². The molecule has 1 unspecified atom stereocenters. The number of carbonyl (C=O) groups is 2. The minimum absolute atomic E-state index is 0.0627. The van der Waals surface area contributed by atoms with E-state index in [0.717, 1.165) is 19.3 Å². The number of β-amino-alcohol motifs (C(OH)–C–C–N with tert-alkyl or cyclic N) is 1. The fraction of sp³-hybridized carbons (Fsp3) is 0.579. The number of para-hydroxylation sites is 1. The van der Waals surface area contributed by atoms with Crippen LogP contribution in [-0.2, 0) is 9.59 Å². The lowest BCUT2D eigenvalue weighted by Gasteiger charge is -2.26. The predicted molar refractivity (Wildman–Crippen MR) is 93.1 cm³/mol. The SMILES string of the molecule is O=C1CCCCCN1CC(=O)N1CCC(O)(COc2ccccc2)C1. The molecule has 0 aliphatic carbocycles. The van der Waals surface area contributed by atoms with Gasteiger partial charge in [-0.3, -0.25) is 9.59 Å². The molecule has 2 heterocycles. The van der Waals surface area contributed by atoms with Crippen molar-refractivity contribution in [2.45, 2.75) is 37.7 Å². The summed E-state index contributed by atoms with van der Waals surface area (Å²) in [5.74, 6) is 0.675. The first-order valence-electron chi connectivity index (χ1n) is 9.02. The largest absolute Gasteiger partial charge is 0.491 e. The minimum Gasteiger partial charge on any atom is -0.491 e. The minimum atomic E-state index is -1.03. The van der Waals surface area contributed by atoms with E-state index in [1.54, 1.807) is 9.80 Å². The number of ether oxygens (including phenoxy) is 1. The molecular formula is C19H26N2O4. The van der Waals surface area contributed by atoms with Crippen molar-refractivity contribution in [3.63, 3.8) is 0 Å². The highest BCUT2D eigenvalue weighted by molar-refractivity contribution is 5.85. The maximum Gasteiger partial charge on any atom is 0.242 e. The van der Waals surface area contributed by atoms with Crippen molar-refractivity contribution in [1.29, 1.82) is 0 Å². The molecular weight excluding hydrogens is 320 g/mol. The summed E-state index contributed by atoms with van der Waals surface area (Å²) in [6.45, 7) is 1.67. The second kappa shape index (κ2) is 7.87. The maximum atomic E-state index is 12.5. The molecule has 1 N–H and O–H groups in total. The summed E-state index contributed by atoms with van der Waals surface area (Å²) in [6, 6.07) is 9.34. The van der Waals surface area contributed by atoms with Gasteiger partial charge in [0.15, 0.2) is 0 Å². The van der Waals surface area contributed by atoms with E-state index >= 15 is 0 Å². The smallest absolute Gasteiger partial charge is 0.242 e. The molecule has 2 saturated heterocycles. The van der Waals surface area contributed by atoms with Crippen LogP contribution in [0.1, 0.15) is 32.1 Å². The second-order valence-electron chi connectivity index (χ2n) is 7.02. The van der Waals surface area contributed by atoms with Crippen molar-refractivity contribution in [3.8, 4) is 5.75 Å².